The molecule has 0 saturated carbocycles. The maximum absolute atomic E-state index is 14.4. The number of alkyl halides is 4. The van der Waals surface area contributed by atoms with Crippen molar-refractivity contribution in [2.75, 3.05) is 13.1 Å². The van der Waals surface area contributed by atoms with E-state index < -0.39 is 24.3 Å². The van der Waals surface area contributed by atoms with E-state index >= 15 is 0 Å². The van der Waals surface area contributed by atoms with Crippen LogP contribution >= 0.6 is 0 Å². The Morgan fingerprint density at radius 1 is 0.897 bits per heavy atom. The van der Waals surface area contributed by atoms with E-state index in [9.17, 15) is 17.6 Å². The van der Waals surface area contributed by atoms with Crippen LogP contribution in [0, 0.1) is 0 Å². The first-order valence-corrected chi connectivity index (χ1v) is 13.8. The van der Waals surface area contributed by atoms with Crippen molar-refractivity contribution in [3.63, 3.8) is 0 Å². The molecule has 0 saturated heterocycles. The predicted octanol–water partition coefficient (Wildman–Crippen LogP) is 8.78. The first kappa shape index (κ1) is 28.8. The standard InChI is InChI=1S/C32H37F4N3/c1-3-5-17-38(22-24-19-27(32(34,35)36)21-28(33)20-24)23-29-30(25-13-9-7-10-14-25)37-31(39(29)18-6-4-2)26-15-11-8-12-16-26/h7-16,19-20,28H,3-6,17-18,21-23H2,1-2H3. The highest BCUT2D eigenvalue weighted by molar-refractivity contribution is 5.68. The van der Waals surface area contributed by atoms with E-state index in [0.717, 1.165) is 66.6 Å². The molecular weight excluding hydrogens is 502 g/mol. The molecule has 0 fully saturated rings. The van der Waals surface area contributed by atoms with Crippen LogP contribution in [0.5, 0.6) is 0 Å². The molecular formula is C32H37F4N3. The maximum Gasteiger partial charge on any atom is 0.412 e. The monoisotopic (exact) mass is 539 g/mol. The summed E-state index contributed by atoms with van der Waals surface area (Å²) >= 11 is 0. The van der Waals surface area contributed by atoms with Gasteiger partial charge >= 0.3 is 6.18 Å². The summed E-state index contributed by atoms with van der Waals surface area (Å²) in [6.45, 7) is 6.45. The van der Waals surface area contributed by atoms with Crippen molar-refractivity contribution < 1.29 is 17.6 Å². The molecule has 208 valence electrons. The number of hydrogen-bond donors (Lipinski definition) is 0. The second-order valence-electron chi connectivity index (χ2n) is 10.2. The van der Waals surface area contributed by atoms with Gasteiger partial charge in [-0.2, -0.15) is 13.2 Å². The van der Waals surface area contributed by atoms with Crippen LogP contribution in [0.1, 0.15) is 51.6 Å². The van der Waals surface area contributed by atoms with Crippen LogP contribution in [0.15, 0.2) is 84.0 Å². The Kier molecular flexibility index (Phi) is 9.78. The van der Waals surface area contributed by atoms with Crippen molar-refractivity contribution in [3.05, 3.63) is 89.7 Å². The van der Waals surface area contributed by atoms with Gasteiger partial charge in [-0.15, -0.1) is 0 Å². The Morgan fingerprint density at radius 2 is 1.54 bits per heavy atom. The Hall–Kier alpha value is -3.19. The van der Waals surface area contributed by atoms with E-state index in [4.69, 9.17) is 4.98 Å². The van der Waals surface area contributed by atoms with Crippen LogP contribution < -0.4 is 0 Å². The molecule has 3 aromatic rings. The van der Waals surface area contributed by atoms with Crippen LogP contribution in [0.3, 0.4) is 0 Å². The Bertz CT molecular complexity index is 1260. The van der Waals surface area contributed by atoms with Gasteiger partial charge in [-0.25, -0.2) is 9.37 Å². The second kappa shape index (κ2) is 13.2. The molecule has 2 aromatic carbocycles. The summed E-state index contributed by atoms with van der Waals surface area (Å²) in [5.74, 6) is 0.883. The van der Waals surface area contributed by atoms with Crippen molar-refractivity contribution in [2.24, 2.45) is 0 Å². The van der Waals surface area contributed by atoms with Crippen molar-refractivity contribution >= 4 is 0 Å². The van der Waals surface area contributed by atoms with Gasteiger partial charge in [-0.1, -0.05) is 87.4 Å². The molecule has 0 amide bonds. The molecule has 4 rings (SSSR count). The molecule has 1 unspecified atom stereocenters. The number of halogens is 4. The number of rotatable bonds is 12. The minimum atomic E-state index is -4.53. The molecule has 3 nitrogen and oxygen atoms in total. The maximum atomic E-state index is 14.4. The molecule has 1 aromatic heterocycles. The van der Waals surface area contributed by atoms with E-state index in [2.05, 4.69) is 35.4 Å². The summed E-state index contributed by atoms with van der Waals surface area (Å²) < 4.78 is 57.0. The number of unbranched alkanes of at least 4 members (excludes halogenated alkanes) is 2. The lowest BCUT2D eigenvalue weighted by molar-refractivity contribution is -0.0955. The third-order valence-electron chi connectivity index (χ3n) is 7.03. The highest BCUT2D eigenvalue weighted by atomic mass is 19.4. The SMILES string of the molecule is CCCCN(CC1=CC(F)CC(C(F)(F)F)=C1)Cc1c(-c2ccccc2)nc(-c2ccccc2)n1CCCC. The molecule has 1 atom stereocenters. The lowest BCUT2D eigenvalue weighted by Crippen LogP contribution is -2.30. The zero-order valence-corrected chi connectivity index (χ0v) is 22.7. The van der Waals surface area contributed by atoms with Crippen molar-refractivity contribution in [2.45, 2.75) is 71.4 Å². The number of aromatic nitrogens is 2. The molecule has 0 spiro atoms. The Labute approximate surface area is 228 Å². The summed E-state index contributed by atoms with van der Waals surface area (Å²) in [5.41, 5.74) is 3.49. The van der Waals surface area contributed by atoms with Crippen molar-refractivity contribution in [1.29, 1.82) is 0 Å². The van der Waals surface area contributed by atoms with Gasteiger partial charge in [0.15, 0.2) is 0 Å². The van der Waals surface area contributed by atoms with E-state index in [0.29, 0.717) is 18.7 Å². The van der Waals surface area contributed by atoms with E-state index in [-0.39, 0.29) is 6.54 Å². The summed E-state index contributed by atoms with van der Waals surface area (Å²) in [5, 5.41) is 0. The van der Waals surface area contributed by atoms with Crippen molar-refractivity contribution in [1.82, 2.24) is 14.5 Å². The van der Waals surface area contributed by atoms with Gasteiger partial charge in [-0.05, 0) is 37.1 Å². The molecule has 1 aliphatic carbocycles. The smallest absolute Gasteiger partial charge is 0.326 e. The molecule has 0 bridgehead atoms. The minimum absolute atomic E-state index is 0.244. The summed E-state index contributed by atoms with van der Waals surface area (Å²) in [6.07, 6.45) is -0.479. The summed E-state index contributed by atoms with van der Waals surface area (Å²) in [6, 6.07) is 20.1. The van der Waals surface area contributed by atoms with Crippen LogP contribution in [-0.2, 0) is 13.1 Å². The molecule has 1 heterocycles. The number of imidazole rings is 1. The molecule has 39 heavy (non-hydrogen) atoms. The van der Waals surface area contributed by atoms with Crippen LogP contribution in [0.25, 0.3) is 22.6 Å². The fourth-order valence-corrected chi connectivity index (χ4v) is 5.03. The lowest BCUT2D eigenvalue weighted by Gasteiger charge is -2.27. The molecule has 7 heteroatoms. The van der Waals surface area contributed by atoms with E-state index in [1.807, 2.05) is 48.5 Å². The number of nitrogens with zero attached hydrogens (tertiary/aromatic N) is 3. The summed E-state index contributed by atoms with van der Waals surface area (Å²) in [4.78, 5) is 7.28. The second-order valence-corrected chi connectivity index (χ2v) is 10.2. The zero-order chi connectivity index (χ0) is 27.8. The number of allylic oxidation sites excluding steroid dienone is 2. The molecule has 0 radical (unpaired) electrons. The average molecular weight is 540 g/mol. The zero-order valence-electron chi connectivity index (χ0n) is 22.7. The third-order valence-corrected chi connectivity index (χ3v) is 7.03. The highest BCUT2D eigenvalue weighted by Crippen LogP contribution is 2.35. The third kappa shape index (κ3) is 7.47. The fourth-order valence-electron chi connectivity index (χ4n) is 5.03. The first-order chi connectivity index (χ1) is 18.8. The fraction of sp³-hybridized carbons (Fsp3) is 0.406. The molecule has 1 aliphatic rings. The van der Waals surface area contributed by atoms with Gasteiger partial charge in [0, 0.05) is 42.8 Å². The highest BCUT2D eigenvalue weighted by Gasteiger charge is 2.36. The topological polar surface area (TPSA) is 21.1 Å². The van der Waals surface area contributed by atoms with E-state index in [1.54, 1.807) is 0 Å². The predicted molar refractivity (Wildman–Crippen MR) is 150 cm³/mol. The average Bonchev–Trinajstić information content (AvgIpc) is 3.28. The largest absolute Gasteiger partial charge is 0.412 e. The number of hydrogen-bond acceptors (Lipinski definition) is 2. The Morgan fingerprint density at radius 3 is 2.15 bits per heavy atom. The molecule has 0 aliphatic heterocycles. The van der Waals surface area contributed by atoms with Gasteiger partial charge < -0.3 is 4.57 Å². The normalized spacial score (nSPS) is 15.9. The van der Waals surface area contributed by atoms with Gasteiger partial charge in [0.1, 0.15) is 12.0 Å². The minimum Gasteiger partial charge on any atom is -0.326 e. The quantitative estimate of drug-likeness (QED) is 0.215. The van der Waals surface area contributed by atoms with Crippen LogP contribution in [0.4, 0.5) is 17.6 Å². The summed E-state index contributed by atoms with van der Waals surface area (Å²) in [7, 11) is 0. The van der Waals surface area contributed by atoms with Crippen molar-refractivity contribution in [3.8, 4) is 22.6 Å². The van der Waals surface area contributed by atoms with Crippen LogP contribution in [0.2, 0.25) is 0 Å². The Balaban J connectivity index is 1.77. The van der Waals surface area contributed by atoms with Crippen LogP contribution in [-0.4, -0.2) is 39.9 Å². The van der Waals surface area contributed by atoms with Gasteiger partial charge in [0.05, 0.1) is 11.4 Å². The lowest BCUT2D eigenvalue weighted by atomic mass is 9.97. The molecule has 0 N–H and O–H groups in total. The van der Waals surface area contributed by atoms with Gasteiger partial charge in [0.2, 0.25) is 0 Å². The van der Waals surface area contributed by atoms with Gasteiger partial charge in [0.25, 0.3) is 0 Å². The van der Waals surface area contributed by atoms with E-state index in [1.165, 1.54) is 6.08 Å². The number of benzene rings is 2. The first-order valence-electron chi connectivity index (χ1n) is 13.8. The van der Waals surface area contributed by atoms with Gasteiger partial charge in [-0.3, -0.25) is 4.90 Å².